The molecule has 11 nitrogen and oxygen atoms in total. The summed E-state index contributed by atoms with van der Waals surface area (Å²) in [6, 6.07) is 7.40. The summed E-state index contributed by atoms with van der Waals surface area (Å²) in [5.74, 6) is 2.13. The maximum Gasteiger partial charge on any atom is 0.219 e. The van der Waals surface area contributed by atoms with Crippen LogP contribution in [-0.4, -0.2) is 89.1 Å². The SMILES string of the molecule is CC(=O)N1CCc2c(c(N3CCCc4cc(-c5ccc(N6CCC(NCCN)CC6)nc5)ncc43)nn2C2CCOCC2)C1. The topological polar surface area (TPSA) is 118 Å². The van der Waals surface area contributed by atoms with E-state index in [-0.39, 0.29) is 5.91 Å². The number of amides is 1. The molecule has 3 N–H and O–H groups in total. The van der Waals surface area contributed by atoms with Crippen LogP contribution in [0.2, 0.25) is 0 Å². The number of ether oxygens (including phenoxy) is 1. The van der Waals surface area contributed by atoms with Gasteiger partial charge in [0, 0.05) is 94.9 Å². The second-order valence-corrected chi connectivity index (χ2v) is 12.6. The number of pyridine rings is 2. The van der Waals surface area contributed by atoms with Crippen molar-refractivity contribution >= 4 is 23.2 Å². The first kappa shape index (κ1) is 29.2. The molecule has 0 atom stereocenters. The maximum atomic E-state index is 12.4. The number of hydrogen-bond donors (Lipinski definition) is 2. The fourth-order valence-electron chi connectivity index (χ4n) is 7.33. The lowest BCUT2D eigenvalue weighted by Gasteiger charge is -2.33. The van der Waals surface area contributed by atoms with Crippen molar-refractivity contribution in [3.05, 3.63) is 47.4 Å². The first-order valence-corrected chi connectivity index (χ1v) is 16.4. The number of nitrogens with zero attached hydrogens (tertiary/aromatic N) is 7. The van der Waals surface area contributed by atoms with Crippen molar-refractivity contribution in [2.75, 3.05) is 62.3 Å². The van der Waals surface area contributed by atoms with E-state index in [4.69, 9.17) is 25.5 Å². The van der Waals surface area contributed by atoms with Crippen LogP contribution >= 0.6 is 0 Å². The molecule has 2 fully saturated rings. The van der Waals surface area contributed by atoms with Crippen LogP contribution in [0.3, 0.4) is 0 Å². The van der Waals surface area contributed by atoms with E-state index in [1.807, 2.05) is 17.3 Å². The van der Waals surface area contributed by atoms with Gasteiger partial charge >= 0.3 is 0 Å². The molecule has 44 heavy (non-hydrogen) atoms. The number of piperidine rings is 1. The number of aromatic nitrogens is 4. The van der Waals surface area contributed by atoms with Gasteiger partial charge in [-0.05, 0) is 62.3 Å². The van der Waals surface area contributed by atoms with Crippen LogP contribution in [0.15, 0.2) is 30.6 Å². The molecule has 0 spiro atoms. The van der Waals surface area contributed by atoms with E-state index in [0.29, 0.717) is 25.2 Å². The molecule has 3 aromatic rings. The number of nitrogens with two attached hydrogens (primary N) is 1. The van der Waals surface area contributed by atoms with E-state index in [9.17, 15) is 4.79 Å². The van der Waals surface area contributed by atoms with E-state index in [0.717, 1.165) is 119 Å². The Kier molecular flexibility index (Phi) is 8.51. The molecule has 234 valence electrons. The highest BCUT2D eigenvalue weighted by molar-refractivity contribution is 5.75. The molecular weight excluding hydrogens is 554 g/mol. The summed E-state index contributed by atoms with van der Waals surface area (Å²) in [5, 5.41) is 8.82. The van der Waals surface area contributed by atoms with Gasteiger partial charge in [0.25, 0.3) is 0 Å². The molecular formula is C33H45N9O2. The fourth-order valence-corrected chi connectivity index (χ4v) is 7.33. The third-order valence-electron chi connectivity index (χ3n) is 9.83. The number of carbonyl (C=O) groups is 1. The Labute approximate surface area is 259 Å². The Balaban J connectivity index is 1.12. The molecule has 11 heteroatoms. The molecule has 0 bridgehead atoms. The minimum atomic E-state index is 0.120. The number of aryl methyl sites for hydroxylation is 1. The van der Waals surface area contributed by atoms with Gasteiger partial charge in [0.15, 0.2) is 5.82 Å². The van der Waals surface area contributed by atoms with Crippen LogP contribution in [0, 0.1) is 0 Å². The molecule has 4 aliphatic rings. The molecule has 0 saturated carbocycles. The zero-order chi connectivity index (χ0) is 30.0. The van der Waals surface area contributed by atoms with Crippen molar-refractivity contribution < 1.29 is 9.53 Å². The van der Waals surface area contributed by atoms with E-state index in [2.05, 4.69) is 38.0 Å². The molecule has 1 amide bonds. The highest BCUT2D eigenvalue weighted by Gasteiger charge is 2.33. The van der Waals surface area contributed by atoms with E-state index in [1.54, 1.807) is 6.92 Å². The number of rotatable bonds is 7. The normalized spacial score (nSPS) is 19.6. The summed E-state index contributed by atoms with van der Waals surface area (Å²) >= 11 is 0. The predicted molar refractivity (Wildman–Crippen MR) is 171 cm³/mol. The van der Waals surface area contributed by atoms with Crippen LogP contribution in [0.4, 0.5) is 17.3 Å². The molecule has 0 unspecified atom stereocenters. The number of fused-ring (bicyclic) bond motifs is 2. The third-order valence-corrected chi connectivity index (χ3v) is 9.83. The third kappa shape index (κ3) is 5.80. The molecule has 0 aromatic carbocycles. The monoisotopic (exact) mass is 599 g/mol. The van der Waals surface area contributed by atoms with Crippen LogP contribution in [-0.2, 0) is 28.9 Å². The minimum Gasteiger partial charge on any atom is -0.381 e. The Bertz CT molecular complexity index is 1460. The van der Waals surface area contributed by atoms with Crippen molar-refractivity contribution in [2.45, 2.75) is 70.5 Å². The smallest absolute Gasteiger partial charge is 0.219 e. The van der Waals surface area contributed by atoms with Crippen LogP contribution in [0.25, 0.3) is 11.3 Å². The van der Waals surface area contributed by atoms with Gasteiger partial charge in [-0.2, -0.15) is 5.10 Å². The highest BCUT2D eigenvalue weighted by atomic mass is 16.5. The van der Waals surface area contributed by atoms with Gasteiger partial charge < -0.3 is 30.5 Å². The number of anilines is 3. The zero-order valence-electron chi connectivity index (χ0n) is 25.9. The summed E-state index contributed by atoms with van der Waals surface area (Å²) < 4.78 is 7.93. The Morgan fingerprint density at radius 3 is 2.64 bits per heavy atom. The van der Waals surface area contributed by atoms with Crippen molar-refractivity contribution in [1.82, 2.24) is 30.0 Å². The van der Waals surface area contributed by atoms with Crippen molar-refractivity contribution in [3.8, 4) is 11.3 Å². The largest absolute Gasteiger partial charge is 0.381 e. The van der Waals surface area contributed by atoms with Gasteiger partial charge in [-0.1, -0.05) is 0 Å². The molecule has 3 aromatic heterocycles. The predicted octanol–water partition coefficient (Wildman–Crippen LogP) is 3.20. The maximum absolute atomic E-state index is 12.4. The first-order chi connectivity index (χ1) is 21.6. The van der Waals surface area contributed by atoms with E-state index in [1.165, 1.54) is 16.8 Å². The van der Waals surface area contributed by atoms with Gasteiger partial charge in [-0.25, -0.2) is 4.98 Å². The van der Waals surface area contributed by atoms with Crippen LogP contribution in [0.1, 0.15) is 61.9 Å². The second-order valence-electron chi connectivity index (χ2n) is 12.6. The zero-order valence-corrected chi connectivity index (χ0v) is 25.9. The molecule has 2 saturated heterocycles. The molecule has 4 aliphatic heterocycles. The Morgan fingerprint density at radius 2 is 1.89 bits per heavy atom. The lowest BCUT2D eigenvalue weighted by Crippen LogP contribution is -2.44. The van der Waals surface area contributed by atoms with Gasteiger partial charge in [-0.15, -0.1) is 0 Å². The Morgan fingerprint density at radius 1 is 1.05 bits per heavy atom. The van der Waals surface area contributed by atoms with Gasteiger partial charge in [0.1, 0.15) is 5.82 Å². The summed E-state index contributed by atoms with van der Waals surface area (Å²) in [7, 11) is 0. The van der Waals surface area contributed by atoms with Crippen molar-refractivity contribution in [1.29, 1.82) is 0 Å². The fraction of sp³-hybridized carbons (Fsp3) is 0.576. The average Bonchev–Trinajstić information content (AvgIpc) is 3.46. The van der Waals surface area contributed by atoms with E-state index >= 15 is 0 Å². The first-order valence-electron chi connectivity index (χ1n) is 16.4. The van der Waals surface area contributed by atoms with Gasteiger partial charge in [0.05, 0.1) is 30.2 Å². The second kappa shape index (κ2) is 12.8. The molecule has 7 heterocycles. The summed E-state index contributed by atoms with van der Waals surface area (Å²) in [6.45, 7) is 9.02. The summed E-state index contributed by atoms with van der Waals surface area (Å²) in [5.41, 5.74) is 12.5. The molecule has 0 radical (unpaired) electrons. The molecule has 7 rings (SSSR count). The number of nitrogens with one attached hydrogen (secondary N) is 1. The lowest BCUT2D eigenvalue weighted by molar-refractivity contribution is -0.129. The van der Waals surface area contributed by atoms with Crippen LogP contribution in [0.5, 0.6) is 0 Å². The highest BCUT2D eigenvalue weighted by Crippen LogP contribution is 2.40. The van der Waals surface area contributed by atoms with Crippen molar-refractivity contribution in [2.24, 2.45) is 5.73 Å². The standard InChI is InChI=1S/C33H45N9O2/c1-23(43)40-16-8-30-28(22-40)33(38-42(30)27-9-17-44-18-10-27)41-13-2-3-24-19-29(36-21-31(24)41)25-4-5-32(37-20-25)39-14-6-26(7-15-39)35-12-11-34/h4-5,19-21,26-27,35H,2-3,6-18,22,34H2,1H3. The number of hydrogen-bond acceptors (Lipinski definition) is 9. The minimum absolute atomic E-state index is 0.120. The molecule has 0 aliphatic carbocycles. The average molecular weight is 600 g/mol. The summed E-state index contributed by atoms with van der Waals surface area (Å²) in [6.07, 6.45) is 11.0. The summed E-state index contributed by atoms with van der Waals surface area (Å²) in [4.78, 5) is 28.8. The lowest BCUT2D eigenvalue weighted by atomic mass is 9.99. The van der Waals surface area contributed by atoms with Crippen molar-refractivity contribution in [3.63, 3.8) is 0 Å². The number of carbonyl (C=O) groups excluding carboxylic acids is 1. The van der Waals surface area contributed by atoms with Gasteiger partial charge in [0.2, 0.25) is 5.91 Å². The quantitative estimate of drug-likeness (QED) is 0.422. The Hall–Kier alpha value is -3.54. The van der Waals surface area contributed by atoms with Gasteiger partial charge in [-0.3, -0.25) is 14.5 Å². The van der Waals surface area contributed by atoms with E-state index < -0.39 is 0 Å². The van der Waals surface area contributed by atoms with Crippen LogP contribution < -0.4 is 20.9 Å².